The Balaban J connectivity index is 1.85. The number of alkyl halides is 3. The van der Waals surface area contributed by atoms with E-state index >= 15 is 0 Å². The number of rotatable bonds is 3. The van der Waals surface area contributed by atoms with Crippen molar-refractivity contribution in [3.8, 4) is 0 Å². The SMILES string of the molecule is CCOC(=O)C1CCN(C(=O)c2c[nH]c3c(C(F)(F)F)cccc3c2=O)CC1. The number of ether oxygens (including phenoxy) is 1. The van der Waals surface area contributed by atoms with E-state index in [-0.39, 0.29) is 48.0 Å². The number of aromatic nitrogens is 1. The zero-order valence-electron chi connectivity index (χ0n) is 15.1. The van der Waals surface area contributed by atoms with Crippen LogP contribution in [0.2, 0.25) is 0 Å². The second kappa shape index (κ2) is 7.65. The van der Waals surface area contributed by atoms with Crippen molar-refractivity contribution in [3.05, 3.63) is 45.7 Å². The van der Waals surface area contributed by atoms with Crippen LogP contribution in [0.4, 0.5) is 13.2 Å². The number of para-hydroxylation sites is 1. The number of halogens is 3. The maximum absolute atomic E-state index is 13.1. The summed E-state index contributed by atoms with van der Waals surface area (Å²) in [4.78, 5) is 41.0. The summed E-state index contributed by atoms with van der Waals surface area (Å²) in [6.07, 6.45) is -2.77. The molecule has 1 aromatic heterocycles. The lowest BCUT2D eigenvalue weighted by Crippen LogP contribution is -2.42. The Morgan fingerprint density at radius 1 is 1.25 bits per heavy atom. The van der Waals surface area contributed by atoms with Gasteiger partial charge in [-0.2, -0.15) is 13.2 Å². The lowest BCUT2D eigenvalue weighted by molar-refractivity contribution is -0.149. The second-order valence-corrected chi connectivity index (χ2v) is 6.58. The molecule has 1 saturated heterocycles. The second-order valence-electron chi connectivity index (χ2n) is 6.58. The van der Waals surface area contributed by atoms with Crippen LogP contribution in [0.15, 0.2) is 29.2 Å². The first-order valence-electron chi connectivity index (χ1n) is 8.91. The van der Waals surface area contributed by atoms with Gasteiger partial charge in [0, 0.05) is 24.7 Å². The standard InChI is InChI=1S/C19H19F3N2O4/c1-2-28-18(27)11-6-8-24(9-7-11)17(26)13-10-23-15-12(16(13)25)4-3-5-14(15)19(20,21)22/h3-5,10-11H,2,6-9H2,1H3,(H,23,25). The van der Waals surface area contributed by atoms with E-state index in [4.69, 9.17) is 4.74 Å². The third kappa shape index (κ3) is 3.74. The molecule has 150 valence electrons. The van der Waals surface area contributed by atoms with Gasteiger partial charge in [-0.25, -0.2) is 0 Å². The molecule has 0 unspecified atom stereocenters. The normalized spacial score (nSPS) is 15.6. The zero-order valence-corrected chi connectivity index (χ0v) is 15.1. The Labute approximate surface area is 158 Å². The van der Waals surface area contributed by atoms with Crippen LogP contribution in [0.25, 0.3) is 10.9 Å². The Kier molecular flexibility index (Phi) is 5.44. The number of nitrogens with zero attached hydrogens (tertiary/aromatic N) is 1. The van der Waals surface area contributed by atoms with Crippen LogP contribution in [0, 0.1) is 5.92 Å². The number of benzene rings is 1. The highest BCUT2D eigenvalue weighted by Gasteiger charge is 2.34. The number of piperidine rings is 1. The first-order valence-corrected chi connectivity index (χ1v) is 8.91. The van der Waals surface area contributed by atoms with E-state index in [0.717, 1.165) is 18.3 Å². The van der Waals surface area contributed by atoms with Crippen LogP contribution in [-0.4, -0.2) is 41.5 Å². The molecule has 3 rings (SSSR count). The molecule has 1 aliphatic heterocycles. The van der Waals surface area contributed by atoms with Gasteiger partial charge in [0.1, 0.15) is 5.56 Å². The molecule has 0 aliphatic carbocycles. The van der Waals surface area contributed by atoms with Crippen LogP contribution in [0.5, 0.6) is 0 Å². The number of H-pyrrole nitrogens is 1. The number of nitrogens with one attached hydrogen (secondary N) is 1. The molecule has 1 aliphatic rings. The lowest BCUT2D eigenvalue weighted by atomic mass is 9.96. The number of carbonyl (C=O) groups is 2. The molecule has 2 aromatic rings. The average molecular weight is 396 g/mol. The molecule has 1 N–H and O–H groups in total. The Morgan fingerprint density at radius 2 is 1.93 bits per heavy atom. The topological polar surface area (TPSA) is 79.5 Å². The molecule has 0 radical (unpaired) electrons. The molecule has 0 spiro atoms. The van der Waals surface area contributed by atoms with Gasteiger partial charge in [-0.15, -0.1) is 0 Å². The van der Waals surface area contributed by atoms with E-state index in [1.54, 1.807) is 6.92 Å². The Bertz CT molecular complexity index is 960. The van der Waals surface area contributed by atoms with Gasteiger partial charge in [-0.1, -0.05) is 6.07 Å². The van der Waals surface area contributed by atoms with Crippen molar-refractivity contribution in [2.24, 2.45) is 5.92 Å². The summed E-state index contributed by atoms with van der Waals surface area (Å²) in [7, 11) is 0. The maximum Gasteiger partial charge on any atom is 0.418 e. The number of hydrogen-bond donors (Lipinski definition) is 1. The molecular weight excluding hydrogens is 377 g/mol. The van der Waals surface area contributed by atoms with Crippen molar-refractivity contribution in [3.63, 3.8) is 0 Å². The molecule has 2 heterocycles. The molecule has 0 bridgehead atoms. The van der Waals surface area contributed by atoms with E-state index in [1.807, 2.05) is 0 Å². The van der Waals surface area contributed by atoms with Gasteiger partial charge >= 0.3 is 12.1 Å². The van der Waals surface area contributed by atoms with Gasteiger partial charge in [-0.3, -0.25) is 14.4 Å². The summed E-state index contributed by atoms with van der Waals surface area (Å²) < 4.78 is 44.3. The fourth-order valence-electron chi connectivity index (χ4n) is 3.40. The largest absolute Gasteiger partial charge is 0.466 e. The third-order valence-electron chi connectivity index (χ3n) is 4.85. The van der Waals surface area contributed by atoms with Crippen molar-refractivity contribution < 1.29 is 27.5 Å². The van der Waals surface area contributed by atoms with Crippen molar-refractivity contribution >= 4 is 22.8 Å². The van der Waals surface area contributed by atoms with Crippen molar-refractivity contribution in [2.45, 2.75) is 25.9 Å². The van der Waals surface area contributed by atoms with Gasteiger partial charge in [0.15, 0.2) is 0 Å². The van der Waals surface area contributed by atoms with E-state index in [9.17, 15) is 27.6 Å². The van der Waals surface area contributed by atoms with E-state index in [1.165, 1.54) is 11.0 Å². The molecule has 1 amide bonds. The summed E-state index contributed by atoms with van der Waals surface area (Å²) in [5.41, 5.74) is -2.28. The summed E-state index contributed by atoms with van der Waals surface area (Å²) >= 11 is 0. The minimum Gasteiger partial charge on any atom is -0.466 e. The average Bonchev–Trinajstić information content (AvgIpc) is 2.67. The molecule has 1 fully saturated rings. The van der Waals surface area contributed by atoms with Crippen molar-refractivity contribution in [2.75, 3.05) is 19.7 Å². The number of hydrogen-bond acceptors (Lipinski definition) is 4. The smallest absolute Gasteiger partial charge is 0.418 e. The number of aromatic amines is 1. The molecule has 0 atom stereocenters. The third-order valence-corrected chi connectivity index (χ3v) is 4.85. The molecule has 28 heavy (non-hydrogen) atoms. The van der Waals surface area contributed by atoms with Crippen LogP contribution in [0.3, 0.4) is 0 Å². The summed E-state index contributed by atoms with van der Waals surface area (Å²) in [6.45, 7) is 2.53. The Hall–Kier alpha value is -2.84. The van der Waals surface area contributed by atoms with Crippen LogP contribution >= 0.6 is 0 Å². The minimum atomic E-state index is -4.62. The molecule has 9 heteroatoms. The number of amides is 1. The van der Waals surface area contributed by atoms with Crippen LogP contribution < -0.4 is 5.43 Å². The summed E-state index contributed by atoms with van der Waals surface area (Å²) in [5, 5.41) is -0.193. The van der Waals surface area contributed by atoms with E-state index in [2.05, 4.69) is 4.98 Å². The first kappa shape index (κ1) is 19.9. The highest BCUT2D eigenvalue weighted by Crippen LogP contribution is 2.33. The Morgan fingerprint density at radius 3 is 2.54 bits per heavy atom. The highest BCUT2D eigenvalue weighted by molar-refractivity contribution is 5.97. The van der Waals surface area contributed by atoms with E-state index in [0.29, 0.717) is 12.8 Å². The van der Waals surface area contributed by atoms with Gasteiger partial charge in [0.2, 0.25) is 5.43 Å². The molecule has 1 aromatic carbocycles. The van der Waals surface area contributed by atoms with Crippen molar-refractivity contribution in [1.29, 1.82) is 0 Å². The number of esters is 1. The number of fused-ring (bicyclic) bond motifs is 1. The van der Waals surface area contributed by atoms with Crippen LogP contribution in [-0.2, 0) is 15.7 Å². The lowest BCUT2D eigenvalue weighted by Gasteiger charge is -2.30. The molecule has 6 nitrogen and oxygen atoms in total. The fourth-order valence-corrected chi connectivity index (χ4v) is 3.40. The maximum atomic E-state index is 13.1. The summed E-state index contributed by atoms with van der Waals surface area (Å²) in [6, 6.07) is 3.27. The highest BCUT2D eigenvalue weighted by atomic mass is 19.4. The van der Waals surface area contributed by atoms with Gasteiger partial charge in [0.05, 0.1) is 23.6 Å². The summed E-state index contributed by atoms with van der Waals surface area (Å²) in [5.74, 6) is -1.17. The number of pyridine rings is 1. The first-order chi connectivity index (χ1) is 13.2. The predicted octanol–water partition coefficient (Wildman–Crippen LogP) is 2.96. The quantitative estimate of drug-likeness (QED) is 0.809. The zero-order chi connectivity index (χ0) is 20.5. The van der Waals surface area contributed by atoms with Gasteiger partial charge in [0.25, 0.3) is 5.91 Å². The number of likely N-dealkylation sites (tertiary alicyclic amines) is 1. The molecular formula is C19H19F3N2O4. The van der Waals surface area contributed by atoms with E-state index < -0.39 is 23.1 Å². The fraction of sp³-hybridized carbons (Fsp3) is 0.421. The van der Waals surface area contributed by atoms with Gasteiger partial charge < -0.3 is 14.6 Å². The van der Waals surface area contributed by atoms with Crippen LogP contribution in [0.1, 0.15) is 35.7 Å². The monoisotopic (exact) mass is 396 g/mol. The predicted molar refractivity (Wildman–Crippen MR) is 94.8 cm³/mol. The van der Waals surface area contributed by atoms with Gasteiger partial charge in [-0.05, 0) is 31.9 Å². The van der Waals surface area contributed by atoms with Crippen molar-refractivity contribution in [1.82, 2.24) is 9.88 Å². The molecule has 0 saturated carbocycles. The number of carbonyl (C=O) groups excluding carboxylic acids is 2. The minimum absolute atomic E-state index is 0.193.